The first-order chi connectivity index (χ1) is 12.9. The SMILES string of the molecule is COc1ccc(C(=O)Nc2cccc(/C=C(\C#N)C(=O)NC(C)C)c2)cc1. The maximum Gasteiger partial charge on any atom is 0.262 e. The van der Waals surface area contributed by atoms with Crippen molar-refractivity contribution in [2.45, 2.75) is 19.9 Å². The summed E-state index contributed by atoms with van der Waals surface area (Å²) < 4.78 is 5.08. The molecular weight excluding hydrogens is 342 g/mol. The number of hydrogen-bond acceptors (Lipinski definition) is 4. The molecule has 6 heteroatoms. The monoisotopic (exact) mass is 363 g/mol. The highest BCUT2D eigenvalue weighted by Crippen LogP contribution is 2.16. The Hall–Kier alpha value is -3.59. The number of nitriles is 1. The summed E-state index contributed by atoms with van der Waals surface area (Å²) in [7, 11) is 1.56. The van der Waals surface area contributed by atoms with E-state index < -0.39 is 5.91 Å². The number of rotatable bonds is 6. The Labute approximate surface area is 158 Å². The summed E-state index contributed by atoms with van der Waals surface area (Å²) in [4.78, 5) is 24.4. The third kappa shape index (κ3) is 5.72. The van der Waals surface area contributed by atoms with Crippen LogP contribution in [0.1, 0.15) is 29.8 Å². The zero-order valence-electron chi connectivity index (χ0n) is 15.4. The molecule has 2 rings (SSSR count). The van der Waals surface area contributed by atoms with Crippen LogP contribution in [0, 0.1) is 11.3 Å². The van der Waals surface area contributed by atoms with Crippen LogP contribution in [0.4, 0.5) is 5.69 Å². The van der Waals surface area contributed by atoms with Crippen LogP contribution in [0.3, 0.4) is 0 Å². The second kappa shape index (κ2) is 9.20. The highest BCUT2D eigenvalue weighted by molar-refractivity contribution is 6.05. The zero-order chi connectivity index (χ0) is 19.8. The summed E-state index contributed by atoms with van der Waals surface area (Å²) in [6.45, 7) is 3.64. The molecule has 0 aliphatic carbocycles. The molecule has 0 aliphatic heterocycles. The fourth-order valence-electron chi connectivity index (χ4n) is 2.31. The number of anilines is 1. The molecule has 0 bridgehead atoms. The average molecular weight is 363 g/mol. The molecule has 2 N–H and O–H groups in total. The predicted molar refractivity (Wildman–Crippen MR) is 104 cm³/mol. The van der Waals surface area contributed by atoms with E-state index in [1.54, 1.807) is 55.6 Å². The van der Waals surface area contributed by atoms with Gasteiger partial charge in [0.1, 0.15) is 17.4 Å². The highest BCUT2D eigenvalue weighted by atomic mass is 16.5. The maximum atomic E-state index is 12.3. The van der Waals surface area contributed by atoms with Crippen molar-refractivity contribution >= 4 is 23.6 Å². The lowest BCUT2D eigenvalue weighted by atomic mass is 10.1. The van der Waals surface area contributed by atoms with Crippen molar-refractivity contribution < 1.29 is 14.3 Å². The molecule has 0 saturated heterocycles. The molecular formula is C21H21N3O3. The van der Waals surface area contributed by atoms with E-state index in [2.05, 4.69) is 10.6 Å². The van der Waals surface area contributed by atoms with Gasteiger partial charge in [0.15, 0.2) is 0 Å². The molecule has 0 unspecified atom stereocenters. The first-order valence-electron chi connectivity index (χ1n) is 8.41. The number of nitrogens with zero attached hydrogens (tertiary/aromatic N) is 1. The Bertz CT molecular complexity index is 894. The van der Waals surface area contributed by atoms with E-state index in [1.165, 1.54) is 6.08 Å². The number of carbonyl (C=O) groups is 2. The summed E-state index contributed by atoms with van der Waals surface area (Å²) in [5.74, 6) is -0.0283. The number of hydrogen-bond donors (Lipinski definition) is 2. The molecule has 0 spiro atoms. The van der Waals surface area contributed by atoms with Crippen molar-refractivity contribution in [1.82, 2.24) is 5.32 Å². The molecule has 2 aromatic rings. The van der Waals surface area contributed by atoms with Crippen LogP contribution in [-0.2, 0) is 4.79 Å². The number of carbonyl (C=O) groups excluding carboxylic acids is 2. The minimum Gasteiger partial charge on any atom is -0.497 e. The lowest BCUT2D eigenvalue weighted by Crippen LogP contribution is -2.30. The number of nitrogens with one attached hydrogen (secondary N) is 2. The topological polar surface area (TPSA) is 91.2 Å². The van der Waals surface area contributed by atoms with E-state index in [9.17, 15) is 14.9 Å². The van der Waals surface area contributed by atoms with Crippen LogP contribution >= 0.6 is 0 Å². The number of methoxy groups -OCH3 is 1. The van der Waals surface area contributed by atoms with E-state index in [1.807, 2.05) is 19.9 Å². The summed E-state index contributed by atoms with van der Waals surface area (Å²) in [5, 5.41) is 14.7. The molecule has 0 heterocycles. The van der Waals surface area contributed by atoms with Crippen molar-refractivity contribution in [2.75, 3.05) is 12.4 Å². The summed E-state index contributed by atoms with van der Waals surface area (Å²) >= 11 is 0. The fourth-order valence-corrected chi connectivity index (χ4v) is 2.31. The second-order valence-electron chi connectivity index (χ2n) is 6.11. The Morgan fingerprint density at radius 1 is 1.15 bits per heavy atom. The van der Waals surface area contributed by atoms with Gasteiger partial charge < -0.3 is 15.4 Å². The third-order valence-corrected chi connectivity index (χ3v) is 3.59. The Morgan fingerprint density at radius 2 is 1.85 bits per heavy atom. The van der Waals surface area contributed by atoms with Gasteiger partial charge in [-0.15, -0.1) is 0 Å². The lowest BCUT2D eigenvalue weighted by Gasteiger charge is -2.08. The first-order valence-corrected chi connectivity index (χ1v) is 8.41. The van der Waals surface area contributed by atoms with Gasteiger partial charge in [-0.3, -0.25) is 9.59 Å². The molecule has 0 atom stereocenters. The highest BCUT2D eigenvalue weighted by Gasteiger charge is 2.11. The smallest absolute Gasteiger partial charge is 0.262 e. The largest absolute Gasteiger partial charge is 0.497 e. The van der Waals surface area contributed by atoms with E-state index in [-0.39, 0.29) is 17.5 Å². The first kappa shape index (κ1) is 19.7. The molecule has 0 aromatic heterocycles. The summed E-state index contributed by atoms with van der Waals surface area (Å²) in [5.41, 5.74) is 1.69. The van der Waals surface area contributed by atoms with Crippen molar-refractivity contribution in [3.05, 3.63) is 65.2 Å². The van der Waals surface area contributed by atoms with Crippen LogP contribution in [0.25, 0.3) is 6.08 Å². The van der Waals surface area contributed by atoms with Crippen molar-refractivity contribution in [2.24, 2.45) is 0 Å². The van der Waals surface area contributed by atoms with Crippen molar-refractivity contribution in [3.8, 4) is 11.8 Å². The van der Waals surface area contributed by atoms with Crippen molar-refractivity contribution in [1.29, 1.82) is 5.26 Å². The minimum atomic E-state index is -0.430. The van der Waals surface area contributed by atoms with Crippen molar-refractivity contribution in [3.63, 3.8) is 0 Å². The minimum absolute atomic E-state index is 0.00216. The third-order valence-electron chi connectivity index (χ3n) is 3.59. The lowest BCUT2D eigenvalue weighted by molar-refractivity contribution is -0.117. The van der Waals surface area contributed by atoms with Gasteiger partial charge in [-0.2, -0.15) is 5.26 Å². The molecule has 0 radical (unpaired) electrons. The Kier molecular flexibility index (Phi) is 6.73. The molecule has 2 amide bonds. The van der Waals surface area contributed by atoms with Gasteiger partial charge in [0.2, 0.25) is 0 Å². The molecule has 6 nitrogen and oxygen atoms in total. The van der Waals surface area contributed by atoms with Gasteiger partial charge >= 0.3 is 0 Å². The van der Waals surface area contributed by atoms with Crippen LogP contribution < -0.4 is 15.4 Å². The molecule has 0 aliphatic rings. The fraction of sp³-hybridized carbons (Fsp3) is 0.190. The molecule has 0 fully saturated rings. The van der Waals surface area contributed by atoms with Gasteiger partial charge in [-0.05, 0) is 61.9 Å². The summed E-state index contributed by atoms with van der Waals surface area (Å²) in [6.07, 6.45) is 1.49. The van der Waals surface area contributed by atoms with Crippen LogP contribution in [0.5, 0.6) is 5.75 Å². The van der Waals surface area contributed by atoms with E-state index in [0.717, 1.165) is 0 Å². The van der Waals surface area contributed by atoms with Gasteiger partial charge in [-0.25, -0.2) is 0 Å². The van der Waals surface area contributed by atoms with Crippen LogP contribution in [-0.4, -0.2) is 25.0 Å². The molecule has 138 valence electrons. The molecule has 2 aromatic carbocycles. The normalized spacial score (nSPS) is 10.9. The van der Waals surface area contributed by atoms with E-state index >= 15 is 0 Å². The van der Waals surface area contributed by atoms with Gasteiger partial charge in [0, 0.05) is 17.3 Å². The quantitative estimate of drug-likeness (QED) is 0.608. The zero-order valence-corrected chi connectivity index (χ0v) is 15.4. The van der Waals surface area contributed by atoms with E-state index in [4.69, 9.17) is 4.74 Å². The number of amides is 2. The summed E-state index contributed by atoms with van der Waals surface area (Å²) in [6, 6.07) is 15.5. The Balaban J connectivity index is 2.16. The second-order valence-corrected chi connectivity index (χ2v) is 6.11. The molecule has 0 saturated carbocycles. The molecule has 27 heavy (non-hydrogen) atoms. The number of ether oxygens (including phenoxy) is 1. The number of benzene rings is 2. The van der Waals surface area contributed by atoms with Gasteiger partial charge in [0.25, 0.3) is 11.8 Å². The average Bonchev–Trinajstić information content (AvgIpc) is 2.65. The van der Waals surface area contributed by atoms with Gasteiger partial charge in [-0.1, -0.05) is 12.1 Å². The van der Waals surface area contributed by atoms with Crippen LogP contribution in [0.15, 0.2) is 54.1 Å². The van der Waals surface area contributed by atoms with Crippen LogP contribution in [0.2, 0.25) is 0 Å². The van der Waals surface area contributed by atoms with Gasteiger partial charge in [0.05, 0.1) is 7.11 Å². The maximum absolute atomic E-state index is 12.3. The standard InChI is InChI=1S/C21H21N3O3/c1-14(2)23-21(26)17(13-22)11-15-5-4-6-18(12-15)24-20(25)16-7-9-19(27-3)10-8-16/h4-12,14H,1-3H3,(H,23,26)(H,24,25)/b17-11+. The van der Waals surface area contributed by atoms with E-state index in [0.29, 0.717) is 22.6 Å². The Morgan fingerprint density at radius 3 is 2.44 bits per heavy atom. The predicted octanol–water partition coefficient (Wildman–Crippen LogP) is 3.38.